The highest BCUT2D eigenvalue weighted by molar-refractivity contribution is 5.37. The molecule has 0 saturated carbocycles. The maximum absolute atomic E-state index is 5.55. The third kappa shape index (κ3) is 5.81. The van der Waals surface area contributed by atoms with Crippen molar-refractivity contribution in [3.8, 4) is 0 Å². The van der Waals surface area contributed by atoms with Crippen LogP contribution < -0.4 is 11.1 Å². The van der Waals surface area contributed by atoms with E-state index in [1.54, 1.807) is 0 Å². The second-order valence-corrected chi connectivity index (χ2v) is 6.31. The molecule has 0 aliphatic rings. The summed E-state index contributed by atoms with van der Waals surface area (Å²) in [5.41, 5.74) is 15.1. The van der Waals surface area contributed by atoms with Crippen molar-refractivity contribution in [1.82, 2.24) is 5.32 Å². The number of rotatable bonds is 4. The van der Waals surface area contributed by atoms with Gasteiger partial charge in [0, 0.05) is 6.54 Å². The first-order chi connectivity index (χ1) is 10.9. The van der Waals surface area contributed by atoms with Crippen molar-refractivity contribution >= 4 is 0 Å². The van der Waals surface area contributed by atoms with Gasteiger partial charge in [-0.1, -0.05) is 35.9 Å². The molecule has 3 N–H and O–H groups in total. The predicted octanol–water partition coefficient (Wildman–Crippen LogP) is 4.14. The van der Waals surface area contributed by atoms with Crippen LogP contribution in [-0.4, -0.2) is 13.6 Å². The Balaban J connectivity index is 0.000000238. The average molecular weight is 313 g/mol. The van der Waals surface area contributed by atoms with Gasteiger partial charge in [-0.3, -0.25) is 0 Å². The third-order valence-corrected chi connectivity index (χ3v) is 4.31. The molecule has 0 radical (unpaired) electrons. The molecular weight excluding hydrogens is 280 g/mol. The van der Waals surface area contributed by atoms with Crippen LogP contribution in [0, 0.1) is 34.6 Å². The maximum atomic E-state index is 5.55. The summed E-state index contributed by atoms with van der Waals surface area (Å²) in [5.74, 6) is 0. The van der Waals surface area contributed by atoms with Gasteiger partial charge in [-0.25, -0.2) is 0 Å². The van der Waals surface area contributed by atoms with E-state index in [1.165, 1.54) is 38.9 Å². The molecule has 2 rings (SSSR count). The van der Waals surface area contributed by atoms with Gasteiger partial charge in [0.15, 0.2) is 0 Å². The van der Waals surface area contributed by atoms with Gasteiger partial charge >= 0.3 is 0 Å². The fraction of sp³-hybridized carbons (Fsp3) is 0.429. The predicted molar refractivity (Wildman–Crippen MR) is 102 cm³/mol. The normalized spacial score (nSPS) is 10.2. The summed E-state index contributed by atoms with van der Waals surface area (Å²) in [6, 6.07) is 10.8. The van der Waals surface area contributed by atoms with Crippen LogP contribution in [0.2, 0.25) is 0 Å². The van der Waals surface area contributed by atoms with Crippen molar-refractivity contribution in [2.75, 3.05) is 13.6 Å². The van der Waals surface area contributed by atoms with Gasteiger partial charge in [0.2, 0.25) is 0 Å². The molecule has 2 aromatic rings. The van der Waals surface area contributed by atoms with Crippen LogP contribution in [0.5, 0.6) is 0 Å². The number of likely N-dealkylation sites (N-methyl/N-ethyl adjacent to an activating group) is 1. The van der Waals surface area contributed by atoms with E-state index in [9.17, 15) is 0 Å². The standard InChI is InChI=1S/C12H19N.C9H13N/c1-9-7-10(2)12(5-6-13-4)11(3)8-9;1-7-4-3-5-8(2)9(7)6-10/h7-8,13H,5-6H2,1-4H3;3-5H,6,10H2,1-2H3. The summed E-state index contributed by atoms with van der Waals surface area (Å²) < 4.78 is 0. The minimum Gasteiger partial charge on any atom is -0.326 e. The van der Waals surface area contributed by atoms with Crippen molar-refractivity contribution < 1.29 is 0 Å². The van der Waals surface area contributed by atoms with Crippen LogP contribution in [0.4, 0.5) is 0 Å². The molecular formula is C21H32N2. The van der Waals surface area contributed by atoms with Crippen LogP contribution in [0.25, 0.3) is 0 Å². The van der Waals surface area contributed by atoms with Gasteiger partial charge in [-0.15, -0.1) is 0 Å². The van der Waals surface area contributed by atoms with E-state index in [-0.39, 0.29) is 0 Å². The van der Waals surface area contributed by atoms with Crippen LogP contribution in [0.1, 0.15) is 38.9 Å². The molecule has 0 heterocycles. The fourth-order valence-electron chi connectivity index (χ4n) is 3.03. The Bertz CT molecular complexity index is 586. The van der Waals surface area contributed by atoms with Gasteiger partial charge in [0.1, 0.15) is 0 Å². The highest BCUT2D eigenvalue weighted by atomic mass is 14.8. The van der Waals surface area contributed by atoms with Gasteiger partial charge in [-0.05, 0) is 88.0 Å². The molecule has 0 saturated heterocycles. The van der Waals surface area contributed by atoms with Crippen molar-refractivity contribution in [2.45, 2.75) is 47.6 Å². The second-order valence-electron chi connectivity index (χ2n) is 6.31. The van der Waals surface area contributed by atoms with Crippen LogP contribution in [-0.2, 0) is 13.0 Å². The average Bonchev–Trinajstić information content (AvgIpc) is 2.47. The molecule has 0 aromatic heterocycles. The van der Waals surface area contributed by atoms with Crippen LogP contribution >= 0.6 is 0 Å². The molecule has 0 atom stereocenters. The van der Waals surface area contributed by atoms with E-state index in [0.717, 1.165) is 13.0 Å². The van der Waals surface area contributed by atoms with Gasteiger partial charge in [0.05, 0.1) is 0 Å². The Morgan fingerprint density at radius 2 is 1.35 bits per heavy atom. The van der Waals surface area contributed by atoms with E-state index in [1.807, 2.05) is 7.05 Å². The summed E-state index contributed by atoms with van der Waals surface area (Å²) >= 11 is 0. The lowest BCUT2D eigenvalue weighted by Gasteiger charge is -2.10. The molecule has 0 aliphatic heterocycles. The lowest BCUT2D eigenvalue weighted by molar-refractivity contribution is 0.785. The Morgan fingerprint density at radius 3 is 1.74 bits per heavy atom. The van der Waals surface area contributed by atoms with Crippen LogP contribution in [0.3, 0.4) is 0 Å². The number of nitrogens with one attached hydrogen (secondary N) is 1. The quantitative estimate of drug-likeness (QED) is 0.890. The summed E-state index contributed by atoms with van der Waals surface area (Å²) in [6.45, 7) is 12.4. The highest BCUT2D eigenvalue weighted by Gasteiger charge is 2.02. The summed E-state index contributed by atoms with van der Waals surface area (Å²) in [5, 5.41) is 3.19. The SMILES string of the molecule is CNCCc1c(C)cc(C)cc1C.Cc1cccc(C)c1CN. The zero-order valence-corrected chi connectivity index (χ0v) is 15.6. The summed E-state index contributed by atoms with van der Waals surface area (Å²) in [6.07, 6.45) is 1.13. The van der Waals surface area contributed by atoms with E-state index >= 15 is 0 Å². The first-order valence-electron chi connectivity index (χ1n) is 8.37. The Morgan fingerprint density at radius 1 is 0.826 bits per heavy atom. The number of aryl methyl sites for hydroxylation is 5. The van der Waals surface area contributed by atoms with Crippen molar-refractivity contribution in [1.29, 1.82) is 0 Å². The summed E-state index contributed by atoms with van der Waals surface area (Å²) in [7, 11) is 2.00. The first-order valence-corrected chi connectivity index (χ1v) is 8.37. The molecule has 2 nitrogen and oxygen atoms in total. The minimum absolute atomic E-state index is 0.651. The highest BCUT2D eigenvalue weighted by Crippen LogP contribution is 2.16. The molecule has 23 heavy (non-hydrogen) atoms. The molecule has 2 heteroatoms. The Kier molecular flexibility index (Phi) is 8.01. The van der Waals surface area contributed by atoms with E-state index < -0.39 is 0 Å². The van der Waals surface area contributed by atoms with E-state index in [4.69, 9.17) is 5.73 Å². The van der Waals surface area contributed by atoms with E-state index in [2.05, 4.69) is 70.3 Å². The molecule has 0 spiro atoms. The molecule has 0 amide bonds. The number of hydrogen-bond donors (Lipinski definition) is 2. The largest absolute Gasteiger partial charge is 0.326 e. The Labute approximate surface area is 142 Å². The number of nitrogens with two attached hydrogens (primary N) is 1. The van der Waals surface area contributed by atoms with Crippen molar-refractivity contribution in [3.05, 3.63) is 69.3 Å². The molecule has 0 aliphatic carbocycles. The smallest absolute Gasteiger partial charge is 0.0183 e. The molecule has 0 unspecified atom stereocenters. The summed E-state index contributed by atoms with van der Waals surface area (Å²) in [4.78, 5) is 0. The minimum atomic E-state index is 0.651. The molecule has 126 valence electrons. The second kappa shape index (κ2) is 9.49. The van der Waals surface area contributed by atoms with Crippen molar-refractivity contribution in [2.24, 2.45) is 5.73 Å². The lowest BCUT2D eigenvalue weighted by atomic mass is 9.97. The zero-order valence-electron chi connectivity index (χ0n) is 15.6. The molecule has 0 bridgehead atoms. The number of benzene rings is 2. The lowest BCUT2D eigenvalue weighted by Crippen LogP contribution is -2.12. The first kappa shape index (κ1) is 19.4. The van der Waals surface area contributed by atoms with Gasteiger partial charge < -0.3 is 11.1 Å². The van der Waals surface area contributed by atoms with Gasteiger partial charge in [-0.2, -0.15) is 0 Å². The third-order valence-electron chi connectivity index (χ3n) is 4.31. The van der Waals surface area contributed by atoms with Crippen molar-refractivity contribution in [3.63, 3.8) is 0 Å². The topological polar surface area (TPSA) is 38.0 Å². The zero-order chi connectivity index (χ0) is 17.4. The number of hydrogen-bond acceptors (Lipinski definition) is 2. The van der Waals surface area contributed by atoms with E-state index in [0.29, 0.717) is 6.54 Å². The van der Waals surface area contributed by atoms with Gasteiger partial charge in [0.25, 0.3) is 0 Å². The molecule has 0 fully saturated rings. The van der Waals surface area contributed by atoms with Crippen LogP contribution in [0.15, 0.2) is 30.3 Å². The fourth-order valence-corrected chi connectivity index (χ4v) is 3.03. The maximum Gasteiger partial charge on any atom is 0.0183 e. The Hall–Kier alpha value is -1.64. The molecule has 2 aromatic carbocycles. The monoisotopic (exact) mass is 312 g/mol.